The zero-order valence-corrected chi connectivity index (χ0v) is 14.4. The Kier molecular flexibility index (Phi) is 4.70. The fourth-order valence-corrected chi connectivity index (χ4v) is 3.28. The quantitative estimate of drug-likeness (QED) is 0.360. The van der Waals surface area contributed by atoms with Crippen LogP contribution in [0.15, 0.2) is 36.8 Å². The number of nitrogens with zero attached hydrogens (tertiary/aromatic N) is 3. The number of amides is 1. The summed E-state index contributed by atoms with van der Waals surface area (Å²) in [4.78, 5) is 17.4. The molecule has 1 fully saturated rings. The van der Waals surface area contributed by atoms with E-state index in [-0.39, 0.29) is 5.91 Å². The molecule has 8 nitrogen and oxygen atoms in total. The van der Waals surface area contributed by atoms with Crippen molar-refractivity contribution in [1.29, 1.82) is 0 Å². The zero-order chi connectivity index (χ0) is 17.9. The summed E-state index contributed by atoms with van der Waals surface area (Å²) >= 11 is 0. The van der Waals surface area contributed by atoms with Crippen molar-refractivity contribution < 1.29 is 9.53 Å². The Bertz CT molecular complexity index is 909. The molecule has 1 aromatic carbocycles. The third-order valence-corrected chi connectivity index (χ3v) is 4.77. The van der Waals surface area contributed by atoms with Crippen molar-refractivity contribution in [2.24, 2.45) is 5.84 Å². The van der Waals surface area contributed by atoms with Crippen LogP contribution in [0.4, 0.5) is 0 Å². The fourth-order valence-electron chi connectivity index (χ4n) is 3.28. The van der Waals surface area contributed by atoms with Gasteiger partial charge in [0.2, 0.25) is 0 Å². The van der Waals surface area contributed by atoms with Gasteiger partial charge in [0.25, 0.3) is 5.91 Å². The first-order chi connectivity index (χ1) is 12.7. The maximum Gasteiger partial charge on any atom is 0.265 e. The summed E-state index contributed by atoms with van der Waals surface area (Å²) in [6, 6.07) is 5.47. The fraction of sp³-hybridized carbons (Fsp3) is 0.333. The summed E-state index contributed by atoms with van der Waals surface area (Å²) in [5.74, 6) is 4.93. The van der Waals surface area contributed by atoms with Gasteiger partial charge in [-0.3, -0.25) is 19.8 Å². The number of nitrogens with two attached hydrogens (primary N) is 1. The predicted molar refractivity (Wildman–Crippen MR) is 98.4 cm³/mol. The molecule has 1 saturated heterocycles. The van der Waals surface area contributed by atoms with Gasteiger partial charge in [-0.15, -0.1) is 0 Å². The number of aromatic nitrogens is 3. The molecular weight excluding hydrogens is 332 g/mol. The maximum atomic E-state index is 11.8. The van der Waals surface area contributed by atoms with Crippen molar-refractivity contribution >= 4 is 16.8 Å². The van der Waals surface area contributed by atoms with Crippen molar-refractivity contribution in [2.75, 3.05) is 32.8 Å². The smallest absolute Gasteiger partial charge is 0.265 e. The van der Waals surface area contributed by atoms with Gasteiger partial charge in [-0.1, -0.05) is 0 Å². The topological polar surface area (TPSA) is 101 Å². The highest BCUT2D eigenvalue weighted by molar-refractivity contribution is 6.02. The molecule has 0 spiro atoms. The van der Waals surface area contributed by atoms with Gasteiger partial charge < -0.3 is 9.72 Å². The molecule has 0 unspecified atom stereocenters. The lowest BCUT2D eigenvalue weighted by Gasteiger charge is -2.26. The number of hydrazine groups is 1. The molecule has 8 heteroatoms. The molecule has 0 aliphatic carbocycles. The second-order valence-electron chi connectivity index (χ2n) is 6.38. The zero-order valence-electron chi connectivity index (χ0n) is 14.4. The number of morpholine rings is 1. The third-order valence-electron chi connectivity index (χ3n) is 4.77. The minimum Gasteiger partial charge on any atom is -0.379 e. The minimum absolute atomic E-state index is 0.305. The Balaban J connectivity index is 1.54. The van der Waals surface area contributed by atoms with Crippen LogP contribution in [0, 0.1) is 0 Å². The standard InChI is InChI=1S/C18H22N6O2/c19-22-18(25)13-1-2-17-15(9-13)16(11-20-17)14-10-21-24(12-14)4-3-23-5-7-26-8-6-23/h1-2,9-12,20H,3-8,19H2,(H,22,25). The summed E-state index contributed by atoms with van der Waals surface area (Å²) in [6.45, 7) is 5.35. The summed E-state index contributed by atoms with van der Waals surface area (Å²) < 4.78 is 7.33. The van der Waals surface area contributed by atoms with E-state index in [1.807, 2.05) is 35.4 Å². The highest BCUT2D eigenvalue weighted by Gasteiger charge is 2.13. The molecule has 0 radical (unpaired) electrons. The Morgan fingerprint density at radius 1 is 1.31 bits per heavy atom. The number of aromatic amines is 1. The highest BCUT2D eigenvalue weighted by Crippen LogP contribution is 2.29. The number of nitrogen functional groups attached to an aromatic ring is 1. The molecule has 1 aliphatic heterocycles. The average molecular weight is 354 g/mol. The van der Waals surface area contributed by atoms with Gasteiger partial charge >= 0.3 is 0 Å². The van der Waals surface area contributed by atoms with Crippen LogP contribution < -0.4 is 11.3 Å². The predicted octanol–water partition coefficient (Wildman–Crippen LogP) is 0.967. The van der Waals surface area contributed by atoms with E-state index in [0.717, 1.165) is 61.4 Å². The van der Waals surface area contributed by atoms with Gasteiger partial charge in [-0.25, -0.2) is 5.84 Å². The monoisotopic (exact) mass is 354 g/mol. The Labute approximate surface area is 150 Å². The van der Waals surface area contributed by atoms with E-state index in [1.165, 1.54) is 0 Å². The second kappa shape index (κ2) is 7.28. The van der Waals surface area contributed by atoms with Gasteiger partial charge in [0, 0.05) is 59.6 Å². The van der Waals surface area contributed by atoms with Gasteiger partial charge in [-0.05, 0) is 18.2 Å². The van der Waals surface area contributed by atoms with Crippen molar-refractivity contribution in [2.45, 2.75) is 6.54 Å². The average Bonchev–Trinajstić information content (AvgIpc) is 3.32. The maximum absolute atomic E-state index is 11.8. The van der Waals surface area contributed by atoms with Gasteiger partial charge in [0.1, 0.15) is 0 Å². The van der Waals surface area contributed by atoms with E-state index in [1.54, 1.807) is 6.07 Å². The van der Waals surface area contributed by atoms with E-state index >= 15 is 0 Å². The number of fused-ring (bicyclic) bond motifs is 1. The Morgan fingerprint density at radius 2 is 2.15 bits per heavy atom. The van der Waals surface area contributed by atoms with Crippen molar-refractivity contribution in [1.82, 2.24) is 25.1 Å². The first-order valence-electron chi connectivity index (χ1n) is 8.69. The van der Waals surface area contributed by atoms with Crippen LogP contribution >= 0.6 is 0 Å². The molecule has 26 heavy (non-hydrogen) atoms. The number of benzene rings is 1. The van der Waals surface area contributed by atoms with Gasteiger partial charge in [0.15, 0.2) is 0 Å². The van der Waals surface area contributed by atoms with E-state index in [2.05, 4.69) is 20.4 Å². The van der Waals surface area contributed by atoms with Crippen molar-refractivity contribution in [3.8, 4) is 11.1 Å². The molecule has 1 aliphatic rings. The van der Waals surface area contributed by atoms with Crippen molar-refractivity contribution in [3.05, 3.63) is 42.4 Å². The Hall–Kier alpha value is -2.68. The van der Waals surface area contributed by atoms with Gasteiger partial charge in [0.05, 0.1) is 26.0 Å². The summed E-state index contributed by atoms with van der Waals surface area (Å²) in [5.41, 5.74) is 5.70. The molecule has 4 N–H and O–H groups in total. The Morgan fingerprint density at radius 3 is 2.96 bits per heavy atom. The summed E-state index contributed by atoms with van der Waals surface area (Å²) in [7, 11) is 0. The number of carbonyl (C=O) groups excluding carboxylic acids is 1. The number of ether oxygens (including phenoxy) is 1. The number of carbonyl (C=O) groups is 1. The normalized spacial score (nSPS) is 15.4. The molecule has 4 rings (SSSR count). The molecule has 2 aromatic heterocycles. The lowest BCUT2D eigenvalue weighted by atomic mass is 10.1. The number of H-pyrrole nitrogens is 1. The molecule has 0 atom stereocenters. The lowest BCUT2D eigenvalue weighted by Crippen LogP contribution is -2.38. The van der Waals surface area contributed by atoms with Crippen LogP contribution in [0.5, 0.6) is 0 Å². The van der Waals surface area contributed by atoms with Crippen LogP contribution in [0.25, 0.3) is 22.0 Å². The molecule has 3 heterocycles. The van der Waals surface area contributed by atoms with Gasteiger partial charge in [-0.2, -0.15) is 5.10 Å². The first kappa shape index (κ1) is 16.8. The van der Waals surface area contributed by atoms with Crippen LogP contribution in [0.2, 0.25) is 0 Å². The molecule has 3 aromatic rings. The summed E-state index contributed by atoms with van der Waals surface area (Å²) in [6.07, 6.45) is 5.84. The number of rotatable bonds is 5. The molecule has 136 valence electrons. The number of nitrogens with one attached hydrogen (secondary N) is 2. The molecule has 0 saturated carbocycles. The largest absolute Gasteiger partial charge is 0.379 e. The van der Waals surface area contributed by atoms with Crippen LogP contribution in [-0.4, -0.2) is 58.4 Å². The second-order valence-corrected chi connectivity index (χ2v) is 6.38. The lowest BCUT2D eigenvalue weighted by molar-refractivity contribution is 0.0360. The SMILES string of the molecule is NNC(=O)c1ccc2[nH]cc(-c3cnn(CCN4CCOCC4)c3)c2c1. The van der Waals surface area contributed by atoms with Crippen LogP contribution in [0.3, 0.4) is 0 Å². The van der Waals surface area contributed by atoms with E-state index in [9.17, 15) is 4.79 Å². The number of hydrogen-bond acceptors (Lipinski definition) is 5. The number of hydrogen-bond donors (Lipinski definition) is 3. The molecule has 1 amide bonds. The van der Waals surface area contributed by atoms with E-state index < -0.39 is 0 Å². The van der Waals surface area contributed by atoms with Crippen molar-refractivity contribution in [3.63, 3.8) is 0 Å². The molecular formula is C18H22N6O2. The highest BCUT2D eigenvalue weighted by atomic mass is 16.5. The summed E-state index contributed by atoms with van der Waals surface area (Å²) in [5, 5.41) is 5.45. The minimum atomic E-state index is -0.305. The van der Waals surface area contributed by atoms with E-state index in [4.69, 9.17) is 10.6 Å². The third kappa shape index (κ3) is 3.34. The van der Waals surface area contributed by atoms with E-state index in [0.29, 0.717) is 5.56 Å². The van der Waals surface area contributed by atoms with Crippen LogP contribution in [-0.2, 0) is 11.3 Å². The van der Waals surface area contributed by atoms with Crippen LogP contribution in [0.1, 0.15) is 10.4 Å². The first-order valence-corrected chi connectivity index (χ1v) is 8.69. The molecule has 0 bridgehead atoms.